The summed E-state index contributed by atoms with van der Waals surface area (Å²) in [7, 11) is 1.32. The zero-order valence-electron chi connectivity index (χ0n) is 24.6. The Morgan fingerprint density at radius 1 is 0.956 bits per heavy atom. The van der Waals surface area contributed by atoms with Gasteiger partial charge in [0.05, 0.1) is 29.6 Å². The molecule has 1 fully saturated rings. The summed E-state index contributed by atoms with van der Waals surface area (Å²) in [6.07, 6.45) is -5.08. The molecule has 45 heavy (non-hydrogen) atoms. The van der Waals surface area contributed by atoms with Gasteiger partial charge in [-0.15, -0.1) is 0 Å². The van der Waals surface area contributed by atoms with Gasteiger partial charge in [0.2, 0.25) is 0 Å². The molecule has 1 saturated heterocycles. The number of carboxylic acid groups (broad SMARTS) is 1. The van der Waals surface area contributed by atoms with Gasteiger partial charge >= 0.3 is 18.1 Å². The minimum absolute atomic E-state index is 0.00421. The van der Waals surface area contributed by atoms with Crippen molar-refractivity contribution in [3.63, 3.8) is 0 Å². The summed E-state index contributed by atoms with van der Waals surface area (Å²) in [5, 5.41) is 16.8. The van der Waals surface area contributed by atoms with Crippen molar-refractivity contribution in [3.8, 4) is 0 Å². The number of fused-ring (bicyclic) bond motifs is 1. The van der Waals surface area contributed by atoms with Crippen LogP contribution in [0.25, 0.3) is 11.3 Å². The lowest BCUT2D eigenvalue weighted by molar-refractivity contribution is -0.192. The number of rotatable bonds is 5. The van der Waals surface area contributed by atoms with Crippen molar-refractivity contribution in [3.05, 3.63) is 95.1 Å². The van der Waals surface area contributed by atoms with Crippen LogP contribution in [-0.2, 0) is 14.3 Å². The highest BCUT2D eigenvalue weighted by atomic mass is 19.4. The lowest BCUT2D eigenvalue weighted by atomic mass is 9.99. The molecule has 2 amide bonds. The maximum Gasteiger partial charge on any atom is 0.490 e. The topological polar surface area (TPSA) is 137 Å². The maximum atomic E-state index is 13.2. The molecule has 3 aromatic rings. The van der Waals surface area contributed by atoms with Crippen LogP contribution in [0.1, 0.15) is 45.7 Å². The molecule has 2 atom stereocenters. The predicted octanol–water partition coefficient (Wildman–Crippen LogP) is 4.86. The number of amides is 2. The monoisotopic (exact) mass is 624 g/mol. The van der Waals surface area contributed by atoms with Crippen molar-refractivity contribution < 1.29 is 42.2 Å². The summed E-state index contributed by atoms with van der Waals surface area (Å²) >= 11 is 0. The Morgan fingerprint density at radius 2 is 1.58 bits per heavy atom. The molecule has 0 bridgehead atoms. The fraction of sp³-hybridized carbons (Fsp3) is 0.250. The van der Waals surface area contributed by atoms with Crippen molar-refractivity contribution in [2.24, 2.45) is 0 Å². The number of hydrogen-bond acceptors (Lipinski definition) is 7. The first-order valence-electron chi connectivity index (χ1n) is 13.9. The zero-order chi connectivity index (χ0) is 32.9. The molecule has 4 N–H and O–H groups in total. The van der Waals surface area contributed by atoms with E-state index in [-0.39, 0.29) is 23.9 Å². The van der Waals surface area contributed by atoms with Crippen LogP contribution in [-0.4, -0.2) is 72.2 Å². The number of nitrogens with one attached hydrogen (secondary N) is 3. The van der Waals surface area contributed by atoms with Crippen molar-refractivity contribution in [2.45, 2.75) is 32.1 Å². The van der Waals surface area contributed by atoms with Gasteiger partial charge < -0.3 is 30.7 Å². The summed E-state index contributed by atoms with van der Waals surface area (Å²) in [4.78, 5) is 49.2. The fourth-order valence-corrected chi connectivity index (χ4v) is 4.86. The highest BCUT2D eigenvalue weighted by Crippen LogP contribution is 2.38. The van der Waals surface area contributed by atoms with Gasteiger partial charge in [0, 0.05) is 42.0 Å². The predicted molar refractivity (Wildman–Crippen MR) is 161 cm³/mol. The molecule has 2 aliphatic heterocycles. The van der Waals surface area contributed by atoms with Crippen LogP contribution in [0.15, 0.2) is 72.8 Å². The minimum Gasteiger partial charge on any atom is -0.475 e. The Kier molecular flexibility index (Phi) is 9.92. The maximum absolute atomic E-state index is 13.2. The Morgan fingerprint density at radius 3 is 2.18 bits per heavy atom. The molecule has 3 aromatic carbocycles. The number of halogens is 3. The number of alkyl halides is 3. The average Bonchev–Trinajstić information content (AvgIpc) is 3.35. The van der Waals surface area contributed by atoms with Crippen molar-refractivity contribution in [2.75, 3.05) is 30.8 Å². The SMILES string of the molecule is COC(=O)c1ccc2c(c1)NC(=O)/C2=C(\Nc1ccc(C(=O)N2C[C@H](C)NC[C@H]2C)cc1)c1ccccc1.O=C(O)C(F)(F)F. The van der Waals surface area contributed by atoms with Crippen molar-refractivity contribution in [1.82, 2.24) is 10.2 Å². The number of carbonyl (C=O) groups excluding carboxylic acids is 3. The van der Waals surface area contributed by atoms with E-state index in [1.165, 1.54) is 7.11 Å². The molecule has 2 aliphatic rings. The van der Waals surface area contributed by atoms with Gasteiger partial charge in [-0.2, -0.15) is 13.2 Å². The molecular formula is C32H31F3N4O6. The highest BCUT2D eigenvalue weighted by Gasteiger charge is 2.38. The molecule has 0 spiro atoms. The normalized spacial score (nSPS) is 18.5. The number of carboxylic acids is 1. The first-order valence-corrected chi connectivity index (χ1v) is 13.9. The van der Waals surface area contributed by atoms with Crippen LogP contribution in [0.2, 0.25) is 0 Å². The number of methoxy groups -OCH3 is 1. The van der Waals surface area contributed by atoms with Crippen LogP contribution in [0.3, 0.4) is 0 Å². The molecule has 10 nitrogen and oxygen atoms in total. The number of piperazine rings is 1. The lowest BCUT2D eigenvalue weighted by Crippen LogP contribution is -2.56. The number of nitrogens with zero attached hydrogens (tertiary/aromatic N) is 1. The number of esters is 1. The van der Waals surface area contributed by atoms with Crippen LogP contribution in [0.4, 0.5) is 24.5 Å². The van der Waals surface area contributed by atoms with Gasteiger partial charge in [0.25, 0.3) is 11.8 Å². The second kappa shape index (κ2) is 13.6. The Bertz CT molecular complexity index is 1620. The van der Waals surface area contributed by atoms with Gasteiger partial charge in [-0.05, 0) is 55.8 Å². The second-order valence-corrected chi connectivity index (χ2v) is 10.4. The van der Waals surface area contributed by atoms with E-state index in [4.69, 9.17) is 14.6 Å². The number of anilines is 2. The Labute approximate surface area is 256 Å². The van der Waals surface area contributed by atoms with E-state index < -0.39 is 18.1 Å². The van der Waals surface area contributed by atoms with Crippen molar-refractivity contribution >= 4 is 46.4 Å². The van der Waals surface area contributed by atoms with E-state index in [1.807, 2.05) is 66.4 Å². The molecule has 0 aliphatic carbocycles. The Balaban J connectivity index is 0.000000591. The molecule has 5 rings (SSSR count). The third kappa shape index (κ3) is 7.68. The first kappa shape index (κ1) is 32.7. The summed E-state index contributed by atoms with van der Waals surface area (Å²) < 4.78 is 36.6. The quantitative estimate of drug-likeness (QED) is 0.233. The van der Waals surface area contributed by atoms with E-state index >= 15 is 0 Å². The molecule has 2 heterocycles. The van der Waals surface area contributed by atoms with Gasteiger partial charge in [0.15, 0.2) is 0 Å². The lowest BCUT2D eigenvalue weighted by Gasteiger charge is -2.37. The van der Waals surface area contributed by atoms with E-state index in [0.717, 1.165) is 17.8 Å². The molecule has 0 aromatic heterocycles. The minimum atomic E-state index is -5.08. The number of carbonyl (C=O) groups is 4. The second-order valence-electron chi connectivity index (χ2n) is 10.4. The molecular weight excluding hydrogens is 593 g/mol. The number of aliphatic carboxylic acids is 1. The molecule has 0 saturated carbocycles. The van der Waals surface area contributed by atoms with Crippen molar-refractivity contribution in [1.29, 1.82) is 0 Å². The smallest absolute Gasteiger partial charge is 0.475 e. The highest BCUT2D eigenvalue weighted by molar-refractivity contribution is 6.37. The van der Waals surface area contributed by atoms with Gasteiger partial charge in [-0.3, -0.25) is 9.59 Å². The van der Waals surface area contributed by atoms with Crippen LogP contribution in [0, 0.1) is 0 Å². The van der Waals surface area contributed by atoms with E-state index in [9.17, 15) is 27.6 Å². The first-order chi connectivity index (χ1) is 21.3. The van der Waals surface area contributed by atoms with Gasteiger partial charge in [-0.1, -0.05) is 36.4 Å². The summed E-state index contributed by atoms with van der Waals surface area (Å²) in [6.45, 7) is 5.55. The number of ether oxygens (including phenoxy) is 1. The standard InChI is InChI=1S/C30H30N4O4.C2HF3O2/c1-18-17-34(19(2)16-31-18)29(36)21-9-12-23(13-10-21)32-27(20-7-5-4-6-8-20)26-24-14-11-22(30(37)38-3)15-25(24)33-28(26)35;3-2(4,5)1(6)7/h4-15,18-19,31-32H,16-17H2,1-3H3,(H,33,35);(H,6,7)/b27-26-;/t18-,19+;/m0./s1. The van der Waals surface area contributed by atoms with E-state index in [1.54, 1.807) is 18.2 Å². The summed E-state index contributed by atoms with van der Waals surface area (Å²) in [6, 6.07) is 22.3. The molecule has 236 valence electrons. The third-order valence-corrected chi connectivity index (χ3v) is 7.17. The molecule has 0 radical (unpaired) electrons. The van der Waals surface area contributed by atoms with Crippen LogP contribution >= 0.6 is 0 Å². The number of hydrogen-bond donors (Lipinski definition) is 4. The summed E-state index contributed by atoms with van der Waals surface area (Å²) in [5.74, 6) is -3.50. The van der Waals surface area contributed by atoms with Crippen LogP contribution in [0.5, 0.6) is 0 Å². The largest absolute Gasteiger partial charge is 0.490 e. The van der Waals surface area contributed by atoms with E-state index in [2.05, 4.69) is 22.9 Å². The zero-order valence-corrected chi connectivity index (χ0v) is 24.6. The van der Waals surface area contributed by atoms with Crippen LogP contribution < -0.4 is 16.0 Å². The van der Waals surface area contributed by atoms with E-state index in [0.29, 0.717) is 40.2 Å². The Hall–Kier alpha value is -5.17. The number of benzene rings is 3. The summed E-state index contributed by atoms with van der Waals surface area (Å²) in [5.41, 5.74) is 4.85. The third-order valence-electron chi connectivity index (χ3n) is 7.17. The van der Waals surface area contributed by atoms with Gasteiger partial charge in [0.1, 0.15) is 0 Å². The average molecular weight is 625 g/mol. The molecule has 0 unspecified atom stereocenters. The van der Waals surface area contributed by atoms with Gasteiger partial charge in [-0.25, -0.2) is 9.59 Å². The fourth-order valence-electron chi connectivity index (χ4n) is 4.86. The molecule has 13 heteroatoms.